The van der Waals surface area contributed by atoms with E-state index in [1.807, 2.05) is 10.5 Å². The molecule has 0 aliphatic carbocycles. The van der Waals surface area contributed by atoms with Crippen LogP contribution in [0.3, 0.4) is 0 Å². The quantitative estimate of drug-likeness (QED) is 0.251. The number of halogens is 1. The lowest BCUT2D eigenvalue weighted by atomic mass is 9.95. The van der Waals surface area contributed by atoms with Gasteiger partial charge in [-0.15, -0.1) is 0 Å². The topological polar surface area (TPSA) is 130 Å². The molecule has 11 heteroatoms. The third-order valence-electron chi connectivity index (χ3n) is 7.33. The zero-order valence-electron chi connectivity index (χ0n) is 22.6. The number of aliphatic hydroxyl groups excluding tert-OH is 1. The predicted octanol–water partition coefficient (Wildman–Crippen LogP) is 3.25. The van der Waals surface area contributed by atoms with Crippen molar-refractivity contribution in [3.05, 3.63) is 66.4 Å². The number of amides is 1. The number of benzene rings is 2. The smallest absolute Gasteiger partial charge is 0.223 e. The van der Waals surface area contributed by atoms with Crippen molar-refractivity contribution < 1.29 is 19.0 Å². The maximum absolute atomic E-state index is 14.3. The Morgan fingerprint density at radius 2 is 2.02 bits per heavy atom. The van der Waals surface area contributed by atoms with Gasteiger partial charge in [0.25, 0.3) is 0 Å². The number of hydrogen-bond donors (Lipinski definition) is 4. The Morgan fingerprint density at radius 1 is 1.23 bits per heavy atom. The maximum Gasteiger partial charge on any atom is 0.223 e. The van der Waals surface area contributed by atoms with Crippen LogP contribution in [0.1, 0.15) is 18.4 Å². The van der Waals surface area contributed by atoms with Crippen molar-refractivity contribution in [1.82, 2.24) is 19.7 Å². The Kier molecular flexibility index (Phi) is 8.13. The average Bonchev–Trinajstić information content (AvgIpc) is 3.41. The van der Waals surface area contributed by atoms with Crippen LogP contribution in [0.2, 0.25) is 0 Å². The van der Waals surface area contributed by atoms with Crippen LogP contribution in [-0.4, -0.2) is 64.8 Å². The molecule has 0 radical (unpaired) electrons. The number of aryl methyl sites for hydroxylation is 1. The molecule has 0 saturated carbocycles. The highest BCUT2D eigenvalue weighted by Gasteiger charge is 2.26. The number of piperidine rings is 1. The molecule has 1 atom stereocenters. The number of carbonyl (C=O) groups excluding carboxylic acids is 1. The third-order valence-corrected chi connectivity index (χ3v) is 7.33. The molecule has 0 bridgehead atoms. The van der Waals surface area contributed by atoms with Crippen molar-refractivity contribution >= 4 is 28.7 Å². The first kappa shape index (κ1) is 27.4. The molecule has 1 fully saturated rings. The largest absolute Gasteiger partial charge is 0.494 e. The Labute approximate surface area is 232 Å². The summed E-state index contributed by atoms with van der Waals surface area (Å²) in [6.45, 7) is 3.92. The molecule has 1 amide bonds. The molecule has 5 N–H and O–H groups in total. The summed E-state index contributed by atoms with van der Waals surface area (Å²) in [6, 6.07) is 11.0. The van der Waals surface area contributed by atoms with Crippen molar-refractivity contribution in [2.75, 3.05) is 43.5 Å². The lowest BCUT2D eigenvalue weighted by Gasteiger charge is -2.34. The molecule has 2 aromatic carbocycles. The second-order valence-electron chi connectivity index (χ2n) is 9.98. The van der Waals surface area contributed by atoms with Gasteiger partial charge in [-0.25, -0.2) is 14.4 Å². The number of hydrogen-bond acceptors (Lipinski definition) is 8. The second kappa shape index (κ2) is 11.9. The van der Waals surface area contributed by atoms with Gasteiger partial charge in [-0.1, -0.05) is 0 Å². The zero-order valence-corrected chi connectivity index (χ0v) is 22.6. The molecular weight excluding hydrogens is 513 g/mol. The van der Waals surface area contributed by atoms with E-state index in [9.17, 15) is 14.3 Å². The molecule has 1 aliphatic rings. The van der Waals surface area contributed by atoms with Gasteiger partial charge in [-0.2, -0.15) is 0 Å². The van der Waals surface area contributed by atoms with Gasteiger partial charge in [-0.3, -0.25) is 9.20 Å². The van der Waals surface area contributed by atoms with Crippen LogP contribution in [0.15, 0.2) is 55.0 Å². The number of imidazole rings is 1. The number of ether oxygens (including phenoxy) is 1. The third kappa shape index (κ3) is 5.70. The minimum Gasteiger partial charge on any atom is -0.494 e. The average molecular weight is 548 g/mol. The van der Waals surface area contributed by atoms with Crippen molar-refractivity contribution in [3.8, 4) is 17.0 Å². The summed E-state index contributed by atoms with van der Waals surface area (Å²) < 4.78 is 21.2. The highest BCUT2D eigenvalue weighted by atomic mass is 19.1. The van der Waals surface area contributed by atoms with E-state index in [0.717, 1.165) is 48.6 Å². The molecule has 0 spiro atoms. The molecule has 1 saturated heterocycles. The van der Waals surface area contributed by atoms with Crippen molar-refractivity contribution in [2.24, 2.45) is 11.7 Å². The van der Waals surface area contributed by atoms with Gasteiger partial charge < -0.3 is 31.1 Å². The van der Waals surface area contributed by atoms with E-state index in [1.165, 1.54) is 13.2 Å². The number of nitrogens with zero attached hydrogens (tertiary/aromatic N) is 4. The minimum absolute atomic E-state index is 0.0237. The van der Waals surface area contributed by atoms with Crippen molar-refractivity contribution in [1.29, 1.82) is 0 Å². The summed E-state index contributed by atoms with van der Waals surface area (Å²) in [6.07, 6.45) is 5.95. The predicted molar refractivity (Wildman–Crippen MR) is 152 cm³/mol. The zero-order chi connectivity index (χ0) is 28.2. The van der Waals surface area contributed by atoms with E-state index in [0.29, 0.717) is 17.0 Å². The fraction of sp³-hybridized carbons (Fsp3) is 0.345. The van der Waals surface area contributed by atoms with E-state index >= 15 is 0 Å². The molecular formula is C29H34FN7O3. The molecule has 10 nitrogen and oxygen atoms in total. The summed E-state index contributed by atoms with van der Waals surface area (Å²) in [5, 5.41) is 15.8. The van der Waals surface area contributed by atoms with Crippen LogP contribution >= 0.6 is 0 Å². The number of rotatable bonds is 9. The van der Waals surface area contributed by atoms with Crippen LogP contribution in [0.5, 0.6) is 5.75 Å². The summed E-state index contributed by atoms with van der Waals surface area (Å²) in [5.74, 6) is 0.246. The van der Waals surface area contributed by atoms with Gasteiger partial charge in [0.2, 0.25) is 5.91 Å². The maximum atomic E-state index is 14.3. The Balaban J connectivity index is 1.27. The van der Waals surface area contributed by atoms with Crippen LogP contribution in [-0.2, 0) is 4.79 Å². The molecule has 1 aliphatic heterocycles. The van der Waals surface area contributed by atoms with Gasteiger partial charge in [0.15, 0.2) is 23.0 Å². The van der Waals surface area contributed by atoms with E-state index in [-0.39, 0.29) is 30.7 Å². The van der Waals surface area contributed by atoms with Crippen LogP contribution < -0.4 is 26.0 Å². The highest BCUT2D eigenvalue weighted by molar-refractivity contribution is 5.79. The number of aromatic nitrogens is 3. The Hall–Kier alpha value is -4.22. The fourth-order valence-corrected chi connectivity index (χ4v) is 5.10. The van der Waals surface area contributed by atoms with E-state index < -0.39 is 11.9 Å². The van der Waals surface area contributed by atoms with Gasteiger partial charge in [0.05, 0.1) is 25.1 Å². The van der Waals surface area contributed by atoms with E-state index in [2.05, 4.69) is 44.6 Å². The van der Waals surface area contributed by atoms with Gasteiger partial charge in [0, 0.05) is 61.4 Å². The first-order chi connectivity index (χ1) is 19.4. The van der Waals surface area contributed by atoms with Gasteiger partial charge in [0.1, 0.15) is 0 Å². The number of fused-ring (bicyclic) bond motifs is 1. The molecule has 1 unspecified atom stereocenters. The Bertz CT molecular complexity index is 1500. The first-order valence-electron chi connectivity index (χ1n) is 13.3. The normalized spacial score (nSPS) is 14.8. The standard InChI is InChI=1S/C29H34FN7O3/c1-18-13-21(4-5-24(18)36-10-7-19(8-11-36)29(39)34-16-22(38)15-31)35-27-28-33-17-25(37(28)12-9-32-27)20-3-6-26(40-2)23(30)14-20/h3-6,9,12-14,17,19,22,38H,7-8,10-11,15-16,31H2,1-2H3,(H,32,35)(H,34,39). The second-order valence-corrected chi connectivity index (χ2v) is 9.98. The lowest BCUT2D eigenvalue weighted by Crippen LogP contribution is -2.43. The monoisotopic (exact) mass is 547 g/mol. The van der Waals surface area contributed by atoms with Gasteiger partial charge >= 0.3 is 0 Å². The van der Waals surface area contributed by atoms with E-state index in [4.69, 9.17) is 10.5 Å². The van der Waals surface area contributed by atoms with Crippen LogP contribution in [0, 0.1) is 18.7 Å². The number of carbonyl (C=O) groups is 1. The molecule has 5 rings (SSSR count). The number of nitrogens with one attached hydrogen (secondary N) is 2. The summed E-state index contributed by atoms with van der Waals surface area (Å²) in [4.78, 5) is 23.8. The summed E-state index contributed by atoms with van der Waals surface area (Å²) in [5.41, 5.74) is 10.5. The minimum atomic E-state index is -0.713. The van der Waals surface area contributed by atoms with Crippen LogP contribution in [0.4, 0.5) is 21.6 Å². The van der Waals surface area contributed by atoms with Gasteiger partial charge in [-0.05, 0) is 61.7 Å². The van der Waals surface area contributed by atoms with Crippen molar-refractivity contribution in [3.63, 3.8) is 0 Å². The highest BCUT2D eigenvalue weighted by Crippen LogP contribution is 2.31. The number of nitrogens with two attached hydrogens (primary N) is 1. The summed E-state index contributed by atoms with van der Waals surface area (Å²) in [7, 11) is 1.44. The van der Waals surface area contributed by atoms with Crippen LogP contribution in [0.25, 0.3) is 16.9 Å². The Morgan fingerprint density at radius 3 is 2.73 bits per heavy atom. The first-order valence-corrected chi connectivity index (χ1v) is 13.3. The summed E-state index contributed by atoms with van der Waals surface area (Å²) >= 11 is 0. The molecule has 210 valence electrons. The van der Waals surface area contributed by atoms with E-state index in [1.54, 1.807) is 30.7 Å². The lowest BCUT2D eigenvalue weighted by molar-refractivity contribution is -0.126. The number of aliphatic hydroxyl groups is 1. The molecule has 40 heavy (non-hydrogen) atoms. The molecule has 4 aromatic rings. The molecule has 2 aromatic heterocycles. The SMILES string of the molecule is COc1ccc(-c2cnc3c(Nc4ccc(N5CCC(C(=O)NCC(O)CN)CC5)c(C)c4)nccn23)cc1F. The number of methoxy groups -OCH3 is 1. The molecule has 3 heterocycles. The van der Waals surface area contributed by atoms with Crippen molar-refractivity contribution in [2.45, 2.75) is 25.9 Å². The fourth-order valence-electron chi connectivity index (χ4n) is 5.10. The number of anilines is 3.